The van der Waals surface area contributed by atoms with Crippen LogP contribution >= 0.6 is 11.6 Å². The van der Waals surface area contributed by atoms with Crippen LogP contribution in [0.25, 0.3) is 0 Å². The van der Waals surface area contributed by atoms with Gasteiger partial charge in [0.1, 0.15) is 11.8 Å². The molecule has 0 N–H and O–H groups in total. The van der Waals surface area contributed by atoms with Crippen LogP contribution in [0.5, 0.6) is 0 Å². The molecular formula is C22H26ClN3O3. The molecule has 6 nitrogen and oxygen atoms in total. The smallest absolute Gasteiger partial charge is 0.260 e. The number of ether oxygens (including phenoxy) is 1. The number of piperidine rings is 1. The van der Waals surface area contributed by atoms with E-state index in [0.717, 1.165) is 43.0 Å². The van der Waals surface area contributed by atoms with Gasteiger partial charge in [-0.15, -0.1) is 0 Å². The topological polar surface area (TPSA) is 58.3 Å². The van der Waals surface area contributed by atoms with Crippen molar-refractivity contribution in [2.75, 3.05) is 20.2 Å². The van der Waals surface area contributed by atoms with Crippen LogP contribution in [0.15, 0.2) is 52.2 Å². The second-order valence-electron chi connectivity index (χ2n) is 7.62. The summed E-state index contributed by atoms with van der Waals surface area (Å²) in [4.78, 5) is 15.6. The van der Waals surface area contributed by atoms with Crippen LogP contribution in [-0.4, -0.2) is 53.9 Å². The molecule has 3 heterocycles. The summed E-state index contributed by atoms with van der Waals surface area (Å²) in [6, 6.07) is 10.8. The number of carbonyl (C=O) groups is 1. The number of carbonyl (C=O) groups excluding carboxylic acids is 1. The molecule has 0 bridgehead atoms. The molecule has 1 aromatic carbocycles. The van der Waals surface area contributed by atoms with Gasteiger partial charge in [-0.3, -0.25) is 9.69 Å². The van der Waals surface area contributed by atoms with E-state index in [1.807, 2.05) is 43.3 Å². The molecule has 154 valence electrons. The maximum absolute atomic E-state index is 13.4. The van der Waals surface area contributed by atoms with E-state index in [-0.39, 0.29) is 24.1 Å². The van der Waals surface area contributed by atoms with Crippen molar-refractivity contribution in [3.8, 4) is 0 Å². The van der Waals surface area contributed by atoms with E-state index in [1.165, 1.54) is 0 Å². The zero-order valence-corrected chi connectivity index (χ0v) is 17.5. The van der Waals surface area contributed by atoms with E-state index in [0.29, 0.717) is 11.4 Å². The number of hydrazone groups is 1. The molecule has 1 saturated heterocycles. The lowest BCUT2D eigenvalue weighted by Crippen LogP contribution is -2.49. The largest absolute Gasteiger partial charge is 0.467 e. The number of halogens is 1. The lowest BCUT2D eigenvalue weighted by Gasteiger charge is -2.36. The van der Waals surface area contributed by atoms with Gasteiger partial charge in [-0.1, -0.05) is 23.7 Å². The second kappa shape index (κ2) is 8.69. The highest BCUT2D eigenvalue weighted by molar-refractivity contribution is 6.30. The van der Waals surface area contributed by atoms with Crippen LogP contribution in [0, 0.1) is 0 Å². The molecule has 0 spiro atoms. The standard InChI is InChI=1S/C22H26ClN3O3/c1-15(25-11-9-18(28-2)10-12-25)22(27)26-20(21-4-3-13-29-21)14-19(24-26)16-5-7-17(23)8-6-16/h3-8,13,15,18,20H,9-12,14H2,1-2H3. The number of likely N-dealkylation sites (tertiary alicyclic amines) is 1. The quantitative estimate of drug-likeness (QED) is 0.737. The van der Waals surface area contributed by atoms with Crippen LogP contribution in [0.4, 0.5) is 0 Å². The lowest BCUT2D eigenvalue weighted by atomic mass is 10.0. The molecule has 2 aliphatic rings. The van der Waals surface area contributed by atoms with Crippen LogP contribution in [0.2, 0.25) is 5.02 Å². The van der Waals surface area contributed by atoms with Crippen LogP contribution in [-0.2, 0) is 9.53 Å². The van der Waals surface area contributed by atoms with Gasteiger partial charge in [0.05, 0.1) is 24.1 Å². The Balaban J connectivity index is 1.56. The molecule has 1 aromatic heterocycles. The van der Waals surface area contributed by atoms with Gasteiger partial charge in [-0.05, 0) is 49.6 Å². The second-order valence-corrected chi connectivity index (χ2v) is 8.06. The summed E-state index contributed by atoms with van der Waals surface area (Å²) >= 11 is 6.02. The van der Waals surface area contributed by atoms with Gasteiger partial charge in [0.2, 0.25) is 0 Å². The predicted molar refractivity (Wildman–Crippen MR) is 112 cm³/mol. The number of benzene rings is 1. The van der Waals surface area contributed by atoms with Crippen LogP contribution in [0.3, 0.4) is 0 Å². The van der Waals surface area contributed by atoms with Crippen LogP contribution < -0.4 is 0 Å². The zero-order chi connectivity index (χ0) is 20.4. The first-order valence-electron chi connectivity index (χ1n) is 10.0. The molecule has 0 aliphatic carbocycles. The lowest BCUT2D eigenvalue weighted by molar-refractivity contribution is -0.139. The summed E-state index contributed by atoms with van der Waals surface area (Å²) in [5.41, 5.74) is 1.83. The third-order valence-corrected chi connectivity index (χ3v) is 6.15. The number of amides is 1. The van der Waals surface area contributed by atoms with Crippen molar-refractivity contribution in [2.45, 2.75) is 44.4 Å². The molecule has 2 aromatic rings. The Hall–Kier alpha value is -2.15. The van der Waals surface area contributed by atoms with Crippen molar-refractivity contribution in [1.29, 1.82) is 0 Å². The molecule has 4 rings (SSSR count). The van der Waals surface area contributed by atoms with Crippen molar-refractivity contribution in [1.82, 2.24) is 9.91 Å². The first-order chi connectivity index (χ1) is 14.1. The fourth-order valence-corrected chi connectivity index (χ4v) is 4.21. The van der Waals surface area contributed by atoms with Crippen molar-refractivity contribution >= 4 is 23.2 Å². The number of rotatable bonds is 5. The molecule has 7 heteroatoms. The summed E-state index contributed by atoms with van der Waals surface area (Å²) in [6.07, 6.45) is 4.41. The minimum absolute atomic E-state index is 0.00812. The highest BCUT2D eigenvalue weighted by Crippen LogP contribution is 2.34. The Bertz CT molecular complexity index is 858. The summed E-state index contributed by atoms with van der Waals surface area (Å²) in [5, 5.41) is 7.00. The van der Waals surface area contributed by atoms with Crippen LogP contribution in [0.1, 0.15) is 43.6 Å². The van der Waals surface area contributed by atoms with Gasteiger partial charge in [0.25, 0.3) is 5.91 Å². The van der Waals surface area contributed by atoms with E-state index < -0.39 is 0 Å². The molecule has 2 unspecified atom stereocenters. The minimum Gasteiger partial charge on any atom is -0.467 e. The van der Waals surface area contributed by atoms with E-state index in [2.05, 4.69) is 4.90 Å². The Morgan fingerprint density at radius 2 is 1.97 bits per heavy atom. The van der Waals surface area contributed by atoms with Crippen molar-refractivity contribution in [2.24, 2.45) is 5.10 Å². The predicted octanol–water partition coefficient (Wildman–Crippen LogP) is 4.11. The van der Waals surface area contributed by atoms with Gasteiger partial charge in [0, 0.05) is 31.6 Å². The van der Waals surface area contributed by atoms with E-state index >= 15 is 0 Å². The fraction of sp³-hybridized carbons (Fsp3) is 0.455. The summed E-state index contributed by atoms with van der Waals surface area (Å²) in [6.45, 7) is 3.65. The Kier molecular flexibility index (Phi) is 6.04. The first-order valence-corrected chi connectivity index (χ1v) is 10.4. The van der Waals surface area contributed by atoms with Crippen molar-refractivity contribution in [3.63, 3.8) is 0 Å². The minimum atomic E-state index is -0.251. The number of furan rings is 1. The van der Waals surface area contributed by atoms with Gasteiger partial charge >= 0.3 is 0 Å². The van der Waals surface area contributed by atoms with Gasteiger partial charge in [-0.25, -0.2) is 5.01 Å². The summed E-state index contributed by atoms with van der Waals surface area (Å²) < 4.78 is 11.1. The molecule has 1 fully saturated rings. The molecular weight excluding hydrogens is 390 g/mol. The van der Waals surface area contributed by atoms with E-state index in [1.54, 1.807) is 18.4 Å². The number of methoxy groups -OCH3 is 1. The van der Waals surface area contributed by atoms with Crippen molar-refractivity contribution in [3.05, 3.63) is 59.0 Å². The Morgan fingerprint density at radius 3 is 2.59 bits per heavy atom. The zero-order valence-electron chi connectivity index (χ0n) is 16.8. The van der Waals surface area contributed by atoms with Gasteiger partial charge in [-0.2, -0.15) is 5.10 Å². The molecule has 0 radical (unpaired) electrons. The monoisotopic (exact) mass is 415 g/mol. The average molecular weight is 416 g/mol. The number of hydrogen-bond acceptors (Lipinski definition) is 5. The van der Waals surface area contributed by atoms with E-state index in [4.69, 9.17) is 25.9 Å². The highest BCUT2D eigenvalue weighted by atomic mass is 35.5. The number of nitrogens with zero attached hydrogens (tertiary/aromatic N) is 3. The number of hydrogen-bond donors (Lipinski definition) is 0. The summed E-state index contributed by atoms with van der Waals surface area (Å²) in [5.74, 6) is 0.739. The molecule has 0 saturated carbocycles. The molecule has 29 heavy (non-hydrogen) atoms. The average Bonchev–Trinajstić information content (AvgIpc) is 3.43. The molecule has 2 atom stereocenters. The van der Waals surface area contributed by atoms with Crippen molar-refractivity contribution < 1.29 is 13.9 Å². The Morgan fingerprint density at radius 1 is 1.24 bits per heavy atom. The van der Waals surface area contributed by atoms with E-state index in [9.17, 15) is 4.79 Å². The Labute approximate surface area is 176 Å². The third kappa shape index (κ3) is 4.25. The molecule has 2 aliphatic heterocycles. The molecule has 1 amide bonds. The van der Waals surface area contributed by atoms with Gasteiger partial charge in [0.15, 0.2) is 0 Å². The SMILES string of the molecule is COC1CCN(C(C)C(=O)N2N=C(c3ccc(Cl)cc3)CC2c2ccco2)CC1. The normalized spacial score (nSPS) is 22.0. The first kappa shape index (κ1) is 20.1. The third-order valence-electron chi connectivity index (χ3n) is 5.90. The highest BCUT2D eigenvalue weighted by Gasteiger charge is 2.38. The fourth-order valence-electron chi connectivity index (χ4n) is 4.08. The van der Waals surface area contributed by atoms with Gasteiger partial charge < -0.3 is 9.15 Å². The maximum Gasteiger partial charge on any atom is 0.260 e. The maximum atomic E-state index is 13.4. The summed E-state index contributed by atoms with van der Waals surface area (Å²) in [7, 11) is 1.75.